The lowest BCUT2D eigenvalue weighted by molar-refractivity contribution is 0.0953. The van der Waals surface area contributed by atoms with Gasteiger partial charge in [0.2, 0.25) is 0 Å². The van der Waals surface area contributed by atoms with Gasteiger partial charge in [0, 0.05) is 23.5 Å². The fourth-order valence-corrected chi connectivity index (χ4v) is 2.37. The molecule has 1 aliphatic rings. The van der Waals surface area contributed by atoms with Crippen LogP contribution in [0.25, 0.3) is 0 Å². The summed E-state index contributed by atoms with van der Waals surface area (Å²) in [6, 6.07) is 9.23. The van der Waals surface area contributed by atoms with Crippen molar-refractivity contribution in [2.75, 3.05) is 11.4 Å². The van der Waals surface area contributed by atoms with Crippen LogP contribution in [0.3, 0.4) is 0 Å². The molecule has 4 nitrogen and oxygen atoms in total. The summed E-state index contributed by atoms with van der Waals surface area (Å²) < 4.78 is 1.77. The summed E-state index contributed by atoms with van der Waals surface area (Å²) in [5.41, 5.74) is 1.49. The lowest BCUT2D eigenvalue weighted by Gasteiger charge is -2.31. The molecule has 0 saturated carbocycles. The Kier molecular flexibility index (Phi) is 3.87. The molecular weight excluding hydrogens is 282 g/mol. The average Bonchev–Trinajstić information content (AvgIpc) is 2.85. The van der Waals surface area contributed by atoms with Crippen LogP contribution in [0.5, 0.6) is 0 Å². The van der Waals surface area contributed by atoms with E-state index in [1.165, 1.54) is 0 Å². The van der Waals surface area contributed by atoms with Gasteiger partial charge < -0.3 is 4.90 Å². The van der Waals surface area contributed by atoms with Crippen LogP contribution in [-0.4, -0.2) is 22.2 Å². The fraction of sp³-hybridized carbons (Fsp3) is 0.231. The largest absolute Gasteiger partial charge is 0.305 e. The van der Waals surface area contributed by atoms with E-state index in [1.54, 1.807) is 34.0 Å². The molecular formula is C13H14ClN3OS. The third-order valence-corrected chi connectivity index (χ3v) is 3.39. The van der Waals surface area contributed by atoms with Gasteiger partial charge in [-0.25, -0.2) is 0 Å². The van der Waals surface area contributed by atoms with Crippen molar-refractivity contribution in [1.29, 1.82) is 0 Å². The first-order valence-electron chi connectivity index (χ1n) is 5.78. The smallest absolute Gasteiger partial charge is 0.276 e. The number of anilines is 1. The number of amides is 1. The number of carbonyl (C=O) groups excluding carboxylic acids is 1. The predicted molar refractivity (Wildman–Crippen MR) is 80.4 cm³/mol. The molecule has 19 heavy (non-hydrogen) atoms. The van der Waals surface area contributed by atoms with Crippen molar-refractivity contribution in [1.82, 2.24) is 9.78 Å². The molecule has 0 saturated heterocycles. The summed E-state index contributed by atoms with van der Waals surface area (Å²) in [5, 5.41) is 4.85. The van der Waals surface area contributed by atoms with Crippen molar-refractivity contribution in [3.05, 3.63) is 47.2 Å². The molecule has 1 aromatic carbocycles. The number of carbonyl (C=O) groups is 1. The first-order valence-corrected chi connectivity index (χ1v) is 6.15. The molecule has 100 valence electrons. The molecule has 0 N–H and O–H groups in total. The number of aromatic nitrogens is 2. The van der Waals surface area contributed by atoms with E-state index in [0.717, 1.165) is 5.69 Å². The van der Waals surface area contributed by atoms with Crippen LogP contribution in [-0.2, 0) is 0 Å². The Morgan fingerprint density at radius 1 is 1.26 bits per heavy atom. The van der Waals surface area contributed by atoms with Crippen molar-refractivity contribution in [2.45, 2.75) is 13.0 Å². The third kappa shape index (κ3) is 2.35. The maximum absolute atomic E-state index is 12.3. The summed E-state index contributed by atoms with van der Waals surface area (Å²) >= 11 is 5.86. The Labute approximate surface area is 123 Å². The molecule has 1 aromatic heterocycles. The summed E-state index contributed by atoms with van der Waals surface area (Å²) in [5.74, 6) is -0.0204. The van der Waals surface area contributed by atoms with Gasteiger partial charge in [0.15, 0.2) is 0 Å². The van der Waals surface area contributed by atoms with E-state index in [-0.39, 0.29) is 25.4 Å². The maximum atomic E-state index is 12.3. The molecule has 0 aliphatic carbocycles. The summed E-state index contributed by atoms with van der Waals surface area (Å²) in [4.78, 5) is 14.1. The lowest BCUT2D eigenvalue weighted by Crippen LogP contribution is -2.42. The number of nitrogens with zero attached hydrogens (tertiary/aromatic N) is 3. The molecule has 1 atom stereocenters. The Hall–Kier alpha value is -1.46. The Morgan fingerprint density at radius 3 is 2.63 bits per heavy atom. The zero-order valence-electron chi connectivity index (χ0n) is 10.4. The first kappa shape index (κ1) is 14.0. The number of fused-ring (bicyclic) bond motifs is 1. The van der Waals surface area contributed by atoms with E-state index in [9.17, 15) is 4.79 Å². The monoisotopic (exact) mass is 295 g/mol. The van der Waals surface area contributed by atoms with Crippen molar-refractivity contribution < 1.29 is 4.79 Å². The molecule has 0 unspecified atom stereocenters. The van der Waals surface area contributed by atoms with Crippen LogP contribution < -0.4 is 4.90 Å². The molecule has 0 spiro atoms. The molecule has 0 radical (unpaired) electrons. The van der Waals surface area contributed by atoms with Crippen LogP contribution in [0, 0.1) is 0 Å². The van der Waals surface area contributed by atoms with Gasteiger partial charge in [0.05, 0.1) is 6.04 Å². The molecule has 3 rings (SSSR count). The maximum Gasteiger partial charge on any atom is 0.276 e. The first-order chi connectivity index (χ1) is 8.66. The van der Waals surface area contributed by atoms with Crippen LogP contribution in [0.1, 0.15) is 23.5 Å². The third-order valence-electron chi connectivity index (χ3n) is 3.14. The van der Waals surface area contributed by atoms with E-state index >= 15 is 0 Å². The highest BCUT2D eigenvalue weighted by Crippen LogP contribution is 2.26. The zero-order valence-corrected chi connectivity index (χ0v) is 12.1. The minimum absolute atomic E-state index is 0. The number of hydrogen-bond acceptors (Lipinski definition) is 2. The van der Waals surface area contributed by atoms with Crippen molar-refractivity contribution in [3.8, 4) is 0 Å². The quantitative estimate of drug-likeness (QED) is 0.811. The van der Waals surface area contributed by atoms with Gasteiger partial charge in [0.1, 0.15) is 5.69 Å². The average molecular weight is 296 g/mol. The second-order valence-corrected chi connectivity index (χ2v) is 4.84. The van der Waals surface area contributed by atoms with Crippen LogP contribution >= 0.6 is 25.1 Å². The van der Waals surface area contributed by atoms with Crippen LogP contribution in [0.4, 0.5) is 5.69 Å². The number of benzene rings is 1. The normalized spacial score (nSPS) is 17.9. The Bertz CT molecular complexity index is 596. The standard InChI is InChI=1S/C13H12ClN3O.H2S/c1-9-8-16(11-4-2-10(14)3-5-11)13(18)12-6-7-15-17(9)12;/h2-7,9H,8H2,1H3;1H2/t9-;/m0./s1. The van der Waals surface area contributed by atoms with Gasteiger partial charge in [-0.2, -0.15) is 18.6 Å². The molecule has 2 heterocycles. The Balaban J connectivity index is 0.00000133. The molecule has 1 aliphatic heterocycles. The molecule has 6 heteroatoms. The van der Waals surface area contributed by atoms with E-state index in [4.69, 9.17) is 11.6 Å². The minimum Gasteiger partial charge on any atom is -0.305 e. The highest BCUT2D eigenvalue weighted by atomic mass is 35.5. The van der Waals surface area contributed by atoms with Crippen molar-refractivity contribution in [2.24, 2.45) is 0 Å². The highest BCUT2D eigenvalue weighted by molar-refractivity contribution is 7.59. The number of hydrogen-bond donors (Lipinski definition) is 0. The second kappa shape index (κ2) is 5.27. The van der Waals surface area contributed by atoms with Crippen LogP contribution in [0.2, 0.25) is 5.02 Å². The zero-order chi connectivity index (χ0) is 12.7. The molecule has 0 bridgehead atoms. The summed E-state index contributed by atoms with van der Waals surface area (Å²) in [6.07, 6.45) is 1.66. The second-order valence-electron chi connectivity index (χ2n) is 4.40. The van der Waals surface area contributed by atoms with E-state index in [0.29, 0.717) is 17.3 Å². The highest BCUT2D eigenvalue weighted by Gasteiger charge is 2.30. The fourth-order valence-electron chi connectivity index (χ4n) is 2.24. The van der Waals surface area contributed by atoms with Gasteiger partial charge in [0.25, 0.3) is 5.91 Å². The summed E-state index contributed by atoms with van der Waals surface area (Å²) in [7, 11) is 0. The summed E-state index contributed by atoms with van der Waals surface area (Å²) in [6.45, 7) is 2.67. The number of halogens is 1. The van der Waals surface area contributed by atoms with Crippen molar-refractivity contribution in [3.63, 3.8) is 0 Å². The van der Waals surface area contributed by atoms with Crippen LogP contribution in [0.15, 0.2) is 36.5 Å². The molecule has 2 aromatic rings. The SMILES string of the molecule is C[C@H]1CN(c2ccc(Cl)cc2)C(=O)c2ccnn21.S. The van der Waals surface area contributed by atoms with Gasteiger partial charge >= 0.3 is 0 Å². The lowest BCUT2D eigenvalue weighted by atomic mass is 10.1. The Morgan fingerprint density at radius 2 is 1.95 bits per heavy atom. The van der Waals surface area contributed by atoms with E-state index in [1.807, 2.05) is 19.1 Å². The van der Waals surface area contributed by atoms with Crippen molar-refractivity contribution >= 4 is 36.7 Å². The van der Waals surface area contributed by atoms with Gasteiger partial charge in [-0.1, -0.05) is 11.6 Å². The minimum atomic E-state index is -0.0204. The van der Waals surface area contributed by atoms with Gasteiger partial charge in [-0.05, 0) is 37.3 Å². The predicted octanol–water partition coefficient (Wildman–Crippen LogP) is 2.87. The molecule has 0 fully saturated rings. The molecule has 1 amide bonds. The topological polar surface area (TPSA) is 38.1 Å². The van der Waals surface area contributed by atoms with Gasteiger partial charge in [-0.3, -0.25) is 9.48 Å². The number of rotatable bonds is 1. The van der Waals surface area contributed by atoms with Gasteiger partial charge in [-0.15, -0.1) is 0 Å². The van der Waals surface area contributed by atoms with E-state index < -0.39 is 0 Å². The van der Waals surface area contributed by atoms with E-state index in [2.05, 4.69) is 5.10 Å².